The molecule has 0 saturated carbocycles. The van der Waals surface area contributed by atoms with Crippen LogP contribution in [0.5, 0.6) is 0 Å². The Morgan fingerprint density at radius 2 is 1.00 bits per heavy atom. The highest BCUT2D eigenvalue weighted by atomic mass is 16.2. The number of hydrogen-bond donors (Lipinski definition) is 4. The van der Waals surface area contributed by atoms with Crippen molar-refractivity contribution in [1.29, 1.82) is 0 Å². The molecule has 0 bridgehead atoms. The normalized spacial score (nSPS) is 7.65. The zero-order chi connectivity index (χ0) is 11.8. The first-order valence-corrected chi connectivity index (χ1v) is 4.02. The average Bonchev–Trinajstić information content (AvgIpc) is 2.11. The summed E-state index contributed by atoms with van der Waals surface area (Å²) in [6.07, 6.45) is -0.499. The van der Waals surface area contributed by atoms with E-state index in [1.54, 1.807) is 0 Å². The van der Waals surface area contributed by atoms with E-state index in [0.29, 0.717) is 0 Å². The van der Waals surface area contributed by atoms with Crippen LogP contribution in [0.3, 0.4) is 0 Å². The summed E-state index contributed by atoms with van der Waals surface area (Å²) in [6.45, 7) is 2.41. The van der Waals surface area contributed by atoms with Gasteiger partial charge in [0.05, 0.1) is 0 Å². The van der Waals surface area contributed by atoms with Crippen LogP contribution in [0, 0.1) is 0 Å². The van der Waals surface area contributed by atoms with Gasteiger partial charge >= 0.3 is 0 Å². The van der Waals surface area contributed by atoms with E-state index in [1.165, 1.54) is 13.8 Å². The molecule has 4 N–H and O–H groups in total. The maximum atomic E-state index is 10.9. The van der Waals surface area contributed by atoms with Crippen molar-refractivity contribution in [3.05, 3.63) is 0 Å². The van der Waals surface area contributed by atoms with Crippen molar-refractivity contribution in [2.45, 2.75) is 35.1 Å². The Balaban J connectivity index is -0.000000980. The number of carbonyl (C=O) groups is 4. The van der Waals surface area contributed by atoms with Gasteiger partial charge in [0.2, 0.25) is 23.6 Å². The highest BCUT2D eigenvalue weighted by Crippen LogP contribution is 1.77. The molecule has 4 amide bonds. The zero-order valence-corrected chi connectivity index (χ0v) is 8.34. The third kappa shape index (κ3) is 13.9. The van der Waals surface area contributed by atoms with E-state index in [2.05, 4.69) is 0 Å². The molecule has 0 aromatic carbocycles. The minimum Gasteiger partial charge on any atom is -0.274 e. The standard InChI is InChI=1S/C7H12N4O4.2CH4/c1-4(12)8-10-6(14)3-7(15)11-9-5(2)13;;/h3H2,1-2H3,(H,8,12)(H,9,13)(H,10,14)(H,11,15);2*1H4. The first-order chi connectivity index (χ1) is 6.91. The van der Waals surface area contributed by atoms with Crippen LogP contribution in [0.25, 0.3) is 0 Å². The van der Waals surface area contributed by atoms with Crippen LogP contribution in [0.15, 0.2) is 0 Å². The van der Waals surface area contributed by atoms with E-state index in [4.69, 9.17) is 0 Å². The summed E-state index contributed by atoms with van der Waals surface area (Å²) < 4.78 is 0. The molecule has 0 heterocycles. The molecule has 0 spiro atoms. The van der Waals surface area contributed by atoms with Crippen molar-refractivity contribution in [3.8, 4) is 0 Å². The van der Waals surface area contributed by atoms with E-state index in [1.807, 2.05) is 21.7 Å². The first-order valence-electron chi connectivity index (χ1n) is 4.02. The maximum Gasteiger partial charge on any atom is 0.247 e. The van der Waals surface area contributed by atoms with Gasteiger partial charge in [-0.15, -0.1) is 0 Å². The quantitative estimate of drug-likeness (QED) is 0.370. The fourth-order valence-corrected chi connectivity index (χ4v) is 0.550. The molecule has 0 atom stereocenters. The van der Waals surface area contributed by atoms with Crippen molar-refractivity contribution >= 4 is 23.6 Å². The topological polar surface area (TPSA) is 116 Å². The predicted octanol–water partition coefficient (Wildman–Crippen LogP) is -1.02. The van der Waals surface area contributed by atoms with E-state index in [-0.39, 0.29) is 14.9 Å². The van der Waals surface area contributed by atoms with Gasteiger partial charge in [0, 0.05) is 13.8 Å². The molecule has 0 aromatic rings. The Labute approximate surface area is 100 Å². The van der Waals surface area contributed by atoms with Gasteiger partial charge in [-0.1, -0.05) is 14.9 Å². The van der Waals surface area contributed by atoms with Gasteiger partial charge in [-0.3, -0.25) is 40.9 Å². The summed E-state index contributed by atoms with van der Waals surface area (Å²) >= 11 is 0. The predicted molar refractivity (Wildman–Crippen MR) is 62.0 cm³/mol. The van der Waals surface area contributed by atoms with E-state index >= 15 is 0 Å². The maximum absolute atomic E-state index is 10.9. The van der Waals surface area contributed by atoms with Gasteiger partial charge in [0.25, 0.3) is 0 Å². The molecule has 0 aliphatic rings. The fourth-order valence-electron chi connectivity index (χ4n) is 0.550. The first kappa shape index (κ1) is 20.3. The molecule has 0 fully saturated rings. The second-order valence-corrected chi connectivity index (χ2v) is 2.64. The van der Waals surface area contributed by atoms with E-state index in [0.717, 1.165) is 0 Å². The van der Waals surface area contributed by atoms with E-state index < -0.39 is 30.0 Å². The molecule has 0 unspecified atom stereocenters. The fraction of sp³-hybridized carbons (Fsp3) is 0.556. The smallest absolute Gasteiger partial charge is 0.247 e. The van der Waals surface area contributed by atoms with Crippen molar-refractivity contribution in [1.82, 2.24) is 21.7 Å². The lowest BCUT2D eigenvalue weighted by Crippen LogP contribution is -2.45. The van der Waals surface area contributed by atoms with Crippen molar-refractivity contribution < 1.29 is 19.2 Å². The van der Waals surface area contributed by atoms with Gasteiger partial charge in [0.1, 0.15) is 6.42 Å². The minimum absolute atomic E-state index is 0. The average molecular weight is 248 g/mol. The van der Waals surface area contributed by atoms with Crippen LogP contribution >= 0.6 is 0 Å². The van der Waals surface area contributed by atoms with E-state index in [9.17, 15) is 19.2 Å². The minimum atomic E-state index is -0.687. The largest absolute Gasteiger partial charge is 0.274 e. The number of hydrogen-bond acceptors (Lipinski definition) is 4. The number of nitrogens with one attached hydrogen (secondary N) is 4. The molecule has 0 rings (SSSR count). The summed E-state index contributed by atoms with van der Waals surface area (Å²) in [5.74, 6) is -2.28. The monoisotopic (exact) mass is 248 g/mol. The van der Waals surface area contributed by atoms with Gasteiger partial charge < -0.3 is 0 Å². The van der Waals surface area contributed by atoms with Crippen LogP contribution in [-0.4, -0.2) is 23.6 Å². The van der Waals surface area contributed by atoms with Crippen molar-refractivity contribution in [2.75, 3.05) is 0 Å². The molecule has 8 heteroatoms. The molecule has 0 aliphatic heterocycles. The Morgan fingerprint density at radius 3 is 1.24 bits per heavy atom. The number of carbonyl (C=O) groups excluding carboxylic acids is 4. The molecular weight excluding hydrogens is 228 g/mol. The third-order valence-electron chi connectivity index (χ3n) is 1.08. The van der Waals surface area contributed by atoms with Crippen LogP contribution in [-0.2, 0) is 19.2 Å². The number of hydrazine groups is 2. The molecule has 0 aliphatic carbocycles. The molecule has 0 saturated heterocycles. The van der Waals surface area contributed by atoms with Gasteiger partial charge in [-0.05, 0) is 0 Å². The van der Waals surface area contributed by atoms with Gasteiger partial charge in [0.15, 0.2) is 0 Å². The van der Waals surface area contributed by atoms with Gasteiger partial charge in [-0.2, -0.15) is 0 Å². The summed E-state index contributed by atoms with van der Waals surface area (Å²) in [5, 5.41) is 0. The second-order valence-electron chi connectivity index (χ2n) is 2.64. The summed E-state index contributed by atoms with van der Waals surface area (Å²) in [5.41, 5.74) is 8.00. The molecule has 0 aromatic heterocycles. The third-order valence-corrected chi connectivity index (χ3v) is 1.08. The summed E-state index contributed by atoms with van der Waals surface area (Å²) in [4.78, 5) is 42.5. The van der Waals surface area contributed by atoms with Crippen molar-refractivity contribution in [3.63, 3.8) is 0 Å². The van der Waals surface area contributed by atoms with Crippen LogP contribution in [0.2, 0.25) is 0 Å². The number of rotatable bonds is 2. The Bertz CT molecular complexity index is 263. The lowest BCUT2D eigenvalue weighted by Gasteiger charge is -2.06. The highest BCUT2D eigenvalue weighted by Gasteiger charge is 2.08. The summed E-state index contributed by atoms with van der Waals surface area (Å²) in [6, 6.07) is 0. The Morgan fingerprint density at radius 1 is 0.706 bits per heavy atom. The molecular formula is C9H20N4O4. The molecule has 0 radical (unpaired) electrons. The number of amides is 4. The lowest BCUT2D eigenvalue weighted by molar-refractivity contribution is -0.134. The van der Waals surface area contributed by atoms with Crippen LogP contribution in [0.1, 0.15) is 35.1 Å². The van der Waals surface area contributed by atoms with Crippen LogP contribution < -0.4 is 21.7 Å². The molecule has 100 valence electrons. The SMILES string of the molecule is C.C.CC(=O)NNC(=O)CC(=O)NNC(C)=O. The van der Waals surface area contributed by atoms with Crippen molar-refractivity contribution in [2.24, 2.45) is 0 Å². The lowest BCUT2D eigenvalue weighted by atomic mass is 10.4. The highest BCUT2D eigenvalue weighted by molar-refractivity contribution is 5.97. The van der Waals surface area contributed by atoms with Gasteiger partial charge in [-0.25, -0.2) is 0 Å². The van der Waals surface area contributed by atoms with Crippen LogP contribution in [0.4, 0.5) is 0 Å². The molecule has 17 heavy (non-hydrogen) atoms. The molecule has 8 nitrogen and oxygen atoms in total. The zero-order valence-electron chi connectivity index (χ0n) is 8.34. The summed E-state index contributed by atoms with van der Waals surface area (Å²) in [7, 11) is 0. The Hall–Kier alpha value is -2.12. The Kier molecular flexibility index (Phi) is 12.4. The second kappa shape index (κ2) is 10.4.